The lowest BCUT2D eigenvalue weighted by Crippen LogP contribution is -2.45. The topological polar surface area (TPSA) is 85.8 Å². The first-order valence-electron chi connectivity index (χ1n) is 7.90. The summed E-state index contributed by atoms with van der Waals surface area (Å²) in [5.74, 6) is 0.373. The number of hydrogen-bond donors (Lipinski definition) is 1. The lowest BCUT2D eigenvalue weighted by molar-refractivity contribution is 0.0872. The quantitative estimate of drug-likeness (QED) is 0.796. The van der Waals surface area contributed by atoms with E-state index < -0.39 is 0 Å². The zero-order valence-corrected chi connectivity index (χ0v) is 13.2. The third-order valence-corrected chi connectivity index (χ3v) is 4.20. The van der Waals surface area contributed by atoms with Gasteiger partial charge in [0.25, 0.3) is 5.91 Å². The summed E-state index contributed by atoms with van der Waals surface area (Å²) in [6, 6.07) is 11.6. The van der Waals surface area contributed by atoms with Crippen molar-refractivity contribution in [3.63, 3.8) is 0 Å². The zero-order valence-electron chi connectivity index (χ0n) is 13.2. The van der Waals surface area contributed by atoms with E-state index in [9.17, 15) is 4.79 Å². The lowest BCUT2D eigenvalue weighted by Gasteiger charge is -2.34. The van der Waals surface area contributed by atoms with E-state index >= 15 is 0 Å². The number of carbonyl (C=O) groups excluding carboxylic acids is 1. The van der Waals surface area contributed by atoms with Crippen molar-refractivity contribution in [2.75, 3.05) is 0 Å². The van der Waals surface area contributed by atoms with E-state index in [1.165, 1.54) is 0 Å². The maximum absolute atomic E-state index is 12.3. The molecule has 7 nitrogen and oxygen atoms in total. The highest BCUT2D eigenvalue weighted by Gasteiger charge is 2.33. The first-order valence-corrected chi connectivity index (χ1v) is 7.90. The number of amides is 1. The predicted molar refractivity (Wildman–Crippen MR) is 86.2 cm³/mol. The van der Waals surface area contributed by atoms with Crippen molar-refractivity contribution in [3.8, 4) is 11.3 Å². The molecule has 1 aliphatic carbocycles. The van der Waals surface area contributed by atoms with Crippen LogP contribution in [0.15, 0.2) is 47.1 Å². The monoisotopic (exact) mass is 323 g/mol. The highest BCUT2D eigenvalue weighted by Crippen LogP contribution is 2.31. The van der Waals surface area contributed by atoms with Gasteiger partial charge < -0.3 is 9.84 Å². The summed E-state index contributed by atoms with van der Waals surface area (Å²) in [5, 5.41) is 15.4. The van der Waals surface area contributed by atoms with Gasteiger partial charge in [-0.1, -0.05) is 35.5 Å². The van der Waals surface area contributed by atoms with Crippen LogP contribution in [0.3, 0.4) is 0 Å². The standard InChI is InChI=1S/C17H17N5O2/c1-11-10-18-22(20-11)14-7-13(8-14)19-17(23)15-9-16(24-21-15)12-5-3-2-4-6-12/h2-6,9-10,13-14H,7-8H2,1H3,(H,19,23). The van der Waals surface area contributed by atoms with E-state index in [1.54, 1.807) is 17.1 Å². The summed E-state index contributed by atoms with van der Waals surface area (Å²) in [4.78, 5) is 14.0. The van der Waals surface area contributed by atoms with Gasteiger partial charge in [-0.2, -0.15) is 15.0 Å². The number of rotatable bonds is 4. The largest absolute Gasteiger partial charge is 0.355 e. The molecule has 1 saturated carbocycles. The fourth-order valence-electron chi connectivity index (χ4n) is 2.81. The van der Waals surface area contributed by atoms with Gasteiger partial charge in [0.2, 0.25) is 0 Å². The van der Waals surface area contributed by atoms with Crippen LogP contribution in [0, 0.1) is 6.92 Å². The Kier molecular flexibility index (Phi) is 3.60. The van der Waals surface area contributed by atoms with Crippen LogP contribution < -0.4 is 5.32 Å². The number of nitrogens with zero attached hydrogens (tertiary/aromatic N) is 4. The molecule has 0 unspecified atom stereocenters. The third kappa shape index (κ3) is 2.80. The van der Waals surface area contributed by atoms with Gasteiger partial charge >= 0.3 is 0 Å². The van der Waals surface area contributed by atoms with E-state index in [2.05, 4.69) is 20.7 Å². The second-order valence-corrected chi connectivity index (χ2v) is 6.04. The van der Waals surface area contributed by atoms with Crippen LogP contribution in [0.4, 0.5) is 0 Å². The normalized spacial score (nSPS) is 19.7. The van der Waals surface area contributed by atoms with Crippen molar-refractivity contribution in [1.82, 2.24) is 25.5 Å². The molecule has 7 heteroatoms. The lowest BCUT2D eigenvalue weighted by atomic mass is 9.87. The van der Waals surface area contributed by atoms with Gasteiger partial charge in [0, 0.05) is 17.7 Å². The Balaban J connectivity index is 1.35. The van der Waals surface area contributed by atoms with Gasteiger partial charge in [0.15, 0.2) is 11.5 Å². The molecule has 0 bridgehead atoms. The molecule has 1 N–H and O–H groups in total. The second kappa shape index (κ2) is 5.92. The molecule has 2 heterocycles. The van der Waals surface area contributed by atoms with E-state index in [4.69, 9.17) is 4.52 Å². The molecule has 1 aliphatic rings. The fraction of sp³-hybridized carbons (Fsp3) is 0.294. The van der Waals surface area contributed by atoms with Crippen LogP contribution in [-0.4, -0.2) is 32.1 Å². The van der Waals surface area contributed by atoms with Crippen molar-refractivity contribution < 1.29 is 9.32 Å². The molecular formula is C17H17N5O2. The minimum atomic E-state index is -0.214. The SMILES string of the molecule is Cc1cnn(C2CC(NC(=O)c3cc(-c4ccccc4)on3)C2)n1. The van der Waals surface area contributed by atoms with Crippen LogP contribution in [0.25, 0.3) is 11.3 Å². The average molecular weight is 323 g/mol. The Hall–Kier alpha value is -2.96. The van der Waals surface area contributed by atoms with Crippen molar-refractivity contribution >= 4 is 5.91 Å². The van der Waals surface area contributed by atoms with Crippen LogP contribution in [-0.2, 0) is 0 Å². The van der Waals surface area contributed by atoms with Gasteiger partial charge in [0.1, 0.15) is 0 Å². The first kappa shape index (κ1) is 14.6. The molecule has 1 fully saturated rings. The summed E-state index contributed by atoms with van der Waals surface area (Å²) < 4.78 is 5.26. The molecule has 1 amide bonds. The maximum Gasteiger partial charge on any atom is 0.273 e. The number of aryl methyl sites for hydroxylation is 1. The highest BCUT2D eigenvalue weighted by molar-refractivity contribution is 5.93. The van der Waals surface area contributed by atoms with Crippen molar-refractivity contribution in [2.45, 2.75) is 31.8 Å². The van der Waals surface area contributed by atoms with Crippen LogP contribution >= 0.6 is 0 Å². The smallest absolute Gasteiger partial charge is 0.273 e. The maximum atomic E-state index is 12.3. The highest BCUT2D eigenvalue weighted by atomic mass is 16.5. The Bertz CT molecular complexity index is 849. The first-order chi connectivity index (χ1) is 11.7. The average Bonchev–Trinajstić information content (AvgIpc) is 3.20. The molecule has 0 saturated heterocycles. The van der Waals surface area contributed by atoms with E-state index in [0.717, 1.165) is 24.1 Å². The Morgan fingerprint density at radius 2 is 2.08 bits per heavy atom. The molecule has 0 aliphatic heterocycles. The zero-order chi connectivity index (χ0) is 16.5. The number of nitrogens with one attached hydrogen (secondary N) is 1. The van der Waals surface area contributed by atoms with Gasteiger partial charge in [-0.3, -0.25) is 4.79 Å². The molecule has 122 valence electrons. The molecular weight excluding hydrogens is 306 g/mol. The molecule has 0 atom stereocenters. The second-order valence-electron chi connectivity index (χ2n) is 6.04. The van der Waals surface area contributed by atoms with Crippen LogP contribution in [0.5, 0.6) is 0 Å². The number of aromatic nitrogens is 4. The molecule has 0 spiro atoms. The fourth-order valence-corrected chi connectivity index (χ4v) is 2.81. The van der Waals surface area contributed by atoms with Crippen LogP contribution in [0.1, 0.15) is 35.1 Å². The van der Waals surface area contributed by atoms with Gasteiger partial charge in [0.05, 0.1) is 17.9 Å². The molecule has 2 aromatic heterocycles. The molecule has 24 heavy (non-hydrogen) atoms. The van der Waals surface area contributed by atoms with E-state index in [1.807, 2.05) is 37.3 Å². The summed E-state index contributed by atoms with van der Waals surface area (Å²) in [7, 11) is 0. The summed E-state index contributed by atoms with van der Waals surface area (Å²) in [6.45, 7) is 1.91. The van der Waals surface area contributed by atoms with Gasteiger partial charge in [-0.15, -0.1) is 0 Å². The molecule has 1 aromatic carbocycles. The van der Waals surface area contributed by atoms with Crippen molar-refractivity contribution in [1.29, 1.82) is 0 Å². The van der Waals surface area contributed by atoms with Gasteiger partial charge in [-0.05, 0) is 19.8 Å². The van der Waals surface area contributed by atoms with Crippen molar-refractivity contribution in [3.05, 3.63) is 54.0 Å². The van der Waals surface area contributed by atoms with Gasteiger partial charge in [-0.25, -0.2) is 0 Å². The Labute approximate surface area is 138 Å². The molecule has 4 rings (SSSR count). The summed E-state index contributed by atoms with van der Waals surface area (Å²) in [5.41, 5.74) is 2.09. The third-order valence-electron chi connectivity index (χ3n) is 4.20. The van der Waals surface area contributed by atoms with Crippen LogP contribution in [0.2, 0.25) is 0 Å². The predicted octanol–water partition coefficient (Wildman–Crippen LogP) is 2.38. The Morgan fingerprint density at radius 3 is 2.79 bits per heavy atom. The minimum Gasteiger partial charge on any atom is -0.355 e. The van der Waals surface area contributed by atoms with E-state index in [0.29, 0.717) is 11.5 Å². The summed E-state index contributed by atoms with van der Waals surface area (Å²) >= 11 is 0. The number of carbonyl (C=O) groups is 1. The Morgan fingerprint density at radius 1 is 1.29 bits per heavy atom. The number of benzene rings is 1. The molecule has 0 radical (unpaired) electrons. The van der Waals surface area contributed by atoms with Crippen molar-refractivity contribution in [2.24, 2.45) is 0 Å². The minimum absolute atomic E-state index is 0.116. The molecule has 3 aromatic rings. The summed E-state index contributed by atoms with van der Waals surface area (Å²) in [6.07, 6.45) is 3.39. The number of hydrogen-bond acceptors (Lipinski definition) is 5. The van der Waals surface area contributed by atoms with E-state index in [-0.39, 0.29) is 18.0 Å².